The number of para-hydroxylation sites is 1. The Bertz CT molecular complexity index is 955. The zero-order valence-electron chi connectivity index (χ0n) is 17.6. The van der Waals surface area contributed by atoms with E-state index < -0.39 is 11.8 Å². The minimum Gasteiger partial charge on any atom is -0.488 e. The van der Waals surface area contributed by atoms with Gasteiger partial charge in [-0.15, -0.1) is 0 Å². The van der Waals surface area contributed by atoms with Crippen molar-refractivity contribution in [3.63, 3.8) is 0 Å². The number of carbonyl (C=O) groups excluding carboxylic acids is 3. The first-order chi connectivity index (χ1) is 14.9. The zero-order valence-corrected chi connectivity index (χ0v) is 19.2. The highest BCUT2D eigenvalue weighted by atomic mass is 79.9. The van der Waals surface area contributed by atoms with Gasteiger partial charge < -0.3 is 19.9 Å². The minimum atomic E-state index is -0.611. The van der Waals surface area contributed by atoms with Gasteiger partial charge in [0.05, 0.1) is 5.56 Å². The summed E-state index contributed by atoms with van der Waals surface area (Å²) in [5.41, 5.74) is 1.46. The van der Waals surface area contributed by atoms with E-state index >= 15 is 0 Å². The lowest BCUT2D eigenvalue weighted by atomic mass is 10.1. The van der Waals surface area contributed by atoms with Crippen LogP contribution in [0.5, 0.6) is 5.75 Å². The van der Waals surface area contributed by atoms with E-state index in [0.29, 0.717) is 44.1 Å². The highest BCUT2D eigenvalue weighted by molar-refractivity contribution is 9.10. The van der Waals surface area contributed by atoms with Crippen LogP contribution in [0.1, 0.15) is 29.8 Å². The van der Waals surface area contributed by atoms with E-state index in [2.05, 4.69) is 21.2 Å². The Hall–Kier alpha value is -2.87. The molecule has 31 heavy (non-hydrogen) atoms. The number of ether oxygens (including phenoxy) is 1. The van der Waals surface area contributed by atoms with Crippen molar-refractivity contribution in [2.75, 3.05) is 26.2 Å². The van der Waals surface area contributed by atoms with Crippen LogP contribution in [0.4, 0.5) is 0 Å². The fourth-order valence-corrected chi connectivity index (χ4v) is 3.69. The van der Waals surface area contributed by atoms with E-state index in [0.717, 1.165) is 10.0 Å². The van der Waals surface area contributed by atoms with Crippen LogP contribution in [-0.2, 0) is 16.2 Å². The molecule has 1 N–H and O–H groups in total. The maximum Gasteiger partial charge on any atom is 0.312 e. The Morgan fingerprint density at radius 3 is 2.26 bits per heavy atom. The number of nitrogens with zero attached hydrogens (tertiary/aromatic N) is 2. The molecule has 1 saturated heterocycles. The summed E-state index contributed by atoms with van der Waals surface area (Å²) in [6.45, 7) is 5.29. The Morgan fingerprint density at radius 2 is 1.58 bits per heavy atom. The first kappa shape index (κ1) is 22.8. The van der Waals surface area contributed by atoms with Crippen molar-refractivity contribution in [2.24, 2.45) is 0 Å². The van der Waals surface area contributed by atoms with Gasteiger partial charge >= 0.3 is 11.8 Å². The highest BCUT2D eigenvalue weighted by Gasteiger charge is 2.29. The van der Waals surface area contributed by atoms with Crippen molar-refractivity contribution in [2.45, 2.75) is 26.5 Å². The topological polar surface area (TPSA) is 79.0 Å². The summed E-state index contributed by atoms with van der Waals surface area (Å²) in [4.78, 5) is 40.5. The SMILES string of the molecule is CC(C)NC(=O)C(=O)N1CCN(C(=O)c2ccccc2OCc2ccccc2Br)CC1. The summed E-state index contributed by atoms with van der Waals surface area (Å²) in [5, 5.41) is 2.61. The summed E-state index contributed by atoms with van der Waals surface area (Å²) in [5.74, 6) is -0.807. The van der Waals surface area contributed by atoms with Gasteiger partial charge in [0.2, 0.25) is 0 Å². The second-order valence-corrected chi connectivity index (χ2v) is 8.44. The van der Waals surface area contributed by atoms with Crippen molar-refractivity contribution in [3.8, 4) is 5.75 Å². The number of piperazine rings is 1. The summed E-state index contributed by atoms with van der Waals surface area (Å²) in [7, 11) is 0. The zero-order chi connectivity index (χ0) is 22.4. The normalized spacial score (nSPS) is 13.8. The van der Waals surface area contributed by atoms with Gasteiger partial charge in [-0.25, -0.2) is 0 Å². The van der Waals surface area contributed by atoms with Gasteiger partial charge in [-0.1, -0.05) is 46.3 Å². The molecule has 1 fully saturated rings. The number of hydrogen-bond acceptors (Lipinski definition) is 4. The maximum absolute atomic E-state index is 13.1. The molecule has 0 aliphatic carbocycles. The van der Waals surface area contributed by atoms with Crippen molar-refractivity contribution < 1.29 is 19.1 Å². The van der Waals surface area contributed by atoms with E-state index in [4.69, 9.17) is 4.74 Å². The average molecular weight is 488 g/mol. The van der Waals surface area contributed by atoms with Gasteiger partial charge in [-0.05, 0) is 32.0 Å². The Labute approximate surface area is 190 Å². The van der Waals surface area contributed by atoms with Crippen LogP contribution in [0.3, 0.4) is 0 Å². The molecule has 3 rings (SSSR count). The molecule has 164 valence electrons. The Kier molecular flexibility index (Phi) is 7.68. The first-order valence-electron chi connectivity index (χ1n) is 10.2. The predicted molar refractivity (Wildman–Crippen MR) is 121 cm³/mol. The van der Waals surface area contributed by atoms with Crippen LogP contribution in [-0.4, -0.2) is 59.7 Å². The van der Waals surface area contributed by atoms with Gasteiger partial charge in [0, 0.05) is 42.3 Å². The van der Waals surface area contributed by atoms with E-state index in [-0.39, 0.29) is 11.9 Å². The van der Waals surface area contributed by atoms with Gasteiger partial charge in [0.1, 0.15) is 12.4 Å². The largest absolute Gasteiger partial charge is 0.488 e. The van der Waals surface area contributed by atoms with Crippen molar-refractivity contribution in [1.29, 1.82) is 0 Å². The second kappa shape index (κ2) is 10.4. The van der Waals surface area contributed by atoms with Crippen molar-refractivity contribution in [1.82, 2.24) is 15.1 Å². The van der Waals surface area contributed by atoms with Crippen LogP contribution in [0.15, 0.2) is 53.0 Å². The molecular weight excluding hydrogens is 462 g/mol. The number of nitrogens with one attached hydrogen (secondary N) is 1. The van der Waals surface area contributed by atoms with Crippen LogP contribution in [0.25, 0.3) is 0 Å². The standard InChI is InChI=1S/C23H26BrN3O4/c1-16(2)25-21(28)23(30)27-13-11-26(12-14-27)22(29)18-8-4-6-10-20(18)31-15-17-7-3-5-9-19(17)24/h3-10,16H,11-15H2,1-2H3,(H,25,28). The molecule has 0 spiro atoms. The summed E-state index contributed by atoms with van der Waals surface area (Å²) >= 11 is 3.50. The van der Waals surface area contributed by atoms with Gasteiger partial charge in [-0.2, -0.15) is 0 Å². The third-order valence-corrected chi connectivity index (χ3v) is 5.70. The summed E-state index contributed by atoms with van der Waals surface area (Å²) < 4.78 is 6.89. The molecule has 0 bridgehead atoms. The molecule has 0 saturated carbocycles. The monoisotopic (exact) mass is 487 g/mol. The third-order valence-electron chi connectivity index (χ3n) is 4.93. The molecule has 0 unspecified atom stereocenters. The van der Waals surface area contributed by atoms with Gasteiger partial charge in [0.25, 0.3) is 5.91 Å². The fourth-order valence-electron chi connectivity index (χ4n) is 3.29. The minimum absolute atomic E-state index is 0.104. The smallest absolute Gasteiger partial charge is 0.312 e. The molecule has 0 radical (unpaired) electrons. The molecule has 3 amide bonds. The molecule has 1 aliphatic heterocycles. The van der Waals surface area contributed by atoms with Crippen LogP contribution in [0.2, 0.25) is 0 Å². The lowest BCUT2D eigenvalue weighted by molar-refractivity contribution is -0.147. The van der Waals surface area contributed by atoms with Crippen molar-refractivity contribution in [3.05, 3.63) is 64.1 Å². The molecule has 2 aromatic rings. The second-order valence-electron chi connectivity index (χ2n) is 7.59. The van der Waals surface area contributed by atoms with Crippen molar-refractivity contribution >= 4 is 33.7 Å². The first-order valence-corrected chi connectivity index (χ1v) is 11.0. The van der Waals surface area contributed by atoms with E-state index in [1.54, 1.807) is 36.9 Å². The Morgan fingerprint density at radius 1 is 0.968 bits per heavy atom. The van der Waals surface area contributed by atoms with Crippen LogP contribution < -0.4 is 10.1 Å². The molecule has 0 aromatic heterocycles. The lowest BCUT2D eigenvalue weighted by Crippen LogP contribution is -2.54. The number of halogens is 1. The number of carbonyl (C=O) groups is 3. The number of amides is 3. The lowest BCUT2D eigenvalue weighted by Gasteiger charge is -2.34. The fraction of sp³-hybridized carbons (Fsp3) is 0.348. The van der Waals surface area contributed by atoms with Crippen LogP contribution in [0, 0.1) is 0 Å². The molecule has 2 aromatic carbocycles. The van der Waals surface area contributed by atoms with Gasteiger partial charge in [0.15, 0.2) is 0 Å². The molecule has 8 heteroatoms. The number of rotatable bonds is 5. The molecule has 1 aliphatic rings. The van der Waals surface area contributed by atoms with Crippen LogP contribution >= 0.6 is 15.9 Å². The quantitative estimate of drug-likeness (QED) is 0.657. The van der Waals surface area contributed by atoms with E-state index in [1.165, 1.54) is 4.90 Å². The molecule has 1 heterocycles. The summed E-state index contributed by atoms with van der Waals surface area (Å²) in [6, 6.07) is 14.8. The van der Waals surface area contributed by atoms with E-state index in [9.17, 15) is 14.4 Å². The summed E-state index contributed by atoms with van der Waals surface area (Å²) in [6.07, 6.45) is 0. The average Bonchev–Trinajstić information content (AvgIpc) is 2.77. The molecular formula is C23H26BrN3O4. The third kappa shape index (κ3) is 5.85. The maximum atomic E-state index is 13.1. The number of benzene rings is 2. The highest BCUT2D eigenvalue weighted by Crippen LogP contribution is 2.24. The van der Waals surface area contributed by atoms with Gasteiger partial charge in [-0.3, -0.25) is 14.4 Å². The molecule has 0 atom stereocenters. The van der Waals surface area contributed by atoms with E-state index in [1.807, 2.05) is 30.3 Å². The molecule has 7 nitrogen and oxygen atoms in total. The number of hydrogen-bond donors (Lipinski definition) is 1. The Balaban J connectivity index is 1.62. The predicted octanol–water partition coefficient (Wildman–Crippen LogP) is 2.84.